The maximum Gasteiger partial charge on any atom is 0.326 e. The van der Waals surface area contributed by atoms with Crippen LogP contribution in [-0.4, -0.2) is 34.9 Å². The van der Waals surface area contributed by atoms with Crippen LogP contribution in [0.4, 0.5) is 4.79 Å². The maximum absolute atomic E-state index is 11.5. The van der Waals surface area contributed by atoms with Crippen molar-refractivity contribution in [1.82, 2.24) is 10.6 Å². The number of urea groups is 1. The molecule has 1 rings (SSSR count). The van der Waals surface area contributed by atoms with Crippen molar-refractivity contribution in [3.8, 4) is 6.07 Å². The molecule has 1 atom stereocenters. The number of nitrogens with one attached hydrogen (secondary N) is 2. The first-order valence-corrected chi connectivity index (χ1v) is 5.94. The van der Waals surface area contributed by atoms with Gasteiger partial charge in [0.2, 0.25) is 0 Å². The third kappa shape index (κ3) is 4.96. The first-order chi connectivity index (χ1) is 9.56. The number of hydrogen-bond donors (Lipinski definition) is 4. The van der Waals surface area contributed by atoms with Crippen LogP contribution in [0.2, 0.25) is 0 Å². The molecule has 106 valence electrons. The Labute approximate surface area is 115 Å². The predicted octanol–water partition coefficient (Wildman–Crippen LogP) is 0.193. The van der Waals surface area contributed by atoms with Crippen LogP contribution >= 0.6 is 0 Å². The van der Waals surface area contributed by atoms with Gasteiger partial charge in [-0.25, -0.2) is 9.59 Å². The summed E-state index contributed by atoms with van der Waals surface area (Å²) in [6.45, 7) is -0.158. The minimum Gasteiger partial charge on any atom is -0.480 e. The number of aliphatic carboxylic acids is 1. The van der Waals surface area contributed by atoms with Crippen LogP contribution < -0.4 is 10.6 Å². The first-order valence-electron chi connectivity index (χ1n) is 5.94. The number of nitrogens with zero attached hydrogens (tertiary/aromatic N) is 1. The molecule has 1 aromatic rings. The molecule has 0 spiro atoms. The van der Waals surface area contributed by atoms with E-state index >= 15 is 0 Å². The molecule has 7 nitrogen and oxygen atoms in total. The van der Waals surface area contributed by atoms with E-state index in [2.05, 4.69) is 10.6 Å². The molecule has 0 saturated heterocycles. The van der Waals surface area contributed by atoms with Gasteiger partial charge in [-0.1, -0.05) is 12.1 Å². The quantitative estimate of drug-likeness (QED) is 0.591. The number of carbonyl (C=O) groups excluding carboxylic acids is 1. The topological polar surface area (TPSA) is 122 Å². The zero-order valence-corrected chi connectivity index (χ0v) is 10.7. The van der Waals surface area contributed by atoms with Gasteiger partial charge < -0.3 is 20.8 Å². The lowest BCUT2D eigenvalue weighted by Gasteiger charge is -2.14. The van der Waals surface area contributed by atoms with Gasteiger partial charge in [-0.2, -0.15) is 5.26 Å². The van der Waals surface area contributed by atoms with E-state index in [0.29, 0.717) is 5.56 Å². The van der Waals surface area contributed by atoms with Crippen molar-refractivity contribution in [2.45, 2.75) is 19.0 Å². The van der Waals surface area contributed by atoms with E-state index in [-0.39, 0.29) is 19.6 Å². The third-order valence-corrected chi connectivity index (χ3v) is 2.53. The van der Waals surface area contributed by atoms with Crippen molar-refractivity contribution in [2.24, 2.45) is 0 Å². The fourth-order valence-electron chi connectivity index (χ4n) is 1.53. The van der Waals surface area contributed by atoms with Gasteiger partial charge in [0.25, 0.3) is 0 Å². The van der Waals surface area contributed by atoms with Gasteiger partial charge in [0, 0.05) is 19.6 Å². The molecule has 4 N–H and O–H groups in total. The van der Waals surface area contributed by atoms with Crippen LogP contribution in [0.3, 0.4) is 0 Å². The number of amides is 2. The lowest BCUT2D eigenvalue weighted by Crippen LogP contribution is -2.46. The zero-order valence-electron chi connectivity index (χ0n) is 10.7. The molecule has 0 aliphatic carbocycles. The highest BCUT2D eigenvalue weighted by Crippen LogP contribution is 2.03. The molecule has 0 fully saturated rings. The van der Waals surface area contributed by atoms with Gasteiger partial charge in [-0.05, 0) is 17.7 Å². The number of aliphatic hydroxyl groups is 1. The SMILES string of the molecule is N#Cc1cccc(CNC(=O)N[C@H](CCO)C(=O)O)c1. The summed E-state index contributed by atoms with van der Waals surface area (Å²) in [5, 5.41) is 31.0. The Morgan fingerprint density at radius 1 is 1.40 bits per heavy atom. The Bertz CT molecular complexity index is 525. The number of carboxylic acids is 1. The number of aliphatic hydroxyl groups excluding tert-OH is 1. The van der Waals surface area contributed by atoms with Gasteiger partial charge in [0.15, 0.2) is 0 Å². The summed E-state index contributed by atoms with van der Waals surface area (Å²) >= 11 is 0. The molecule has 0 radical (unpaired) electrons. The molecule has 2 amide bonds. The molecule has 0 unspecified atom stereocenters. The lowest BCUT2D eigenvalue weighted by atomic mass is 10.1. The molecule has 1 aromatic carbocycles. The van der Waals surface area contributed by atoms with E-state index in [1.54, 1.807) is 24.3 Å². The largest absolute Gasteiger partial charge is 0.480 e. The summed E-state index contributed by atoms with van der Waals surface area (Å²) in [7, 11) is 0. The summed E-state index contributed by atoms with van der Waals surface area (Å²) in [5.74, 6) is -1.21. The van der Waals surface area contributed by atoms with Crippen molar-refractivity contribution in [2.75, 3.05) is 6.61 Å². The highest BCUT2D eigenvalue weighted by Gasteiger charge is 2.18. The van der Waals surface area contributed by atoms with Gasteiger partial charge in [0.05, 0.1) is 11.6 Å². The summed E-state index contributed by atoms with van der Waals surface area (Å²) in [6.07, 6.45) is -0.0628. The summed E-state index contributed by atoms with van der Waals surface area (Å²) in [5.41, 5.74) is 1.21. The first kappa shape index (κ1) is 15.5. The molecule has 0 bridgehead atoms. The van der Waals surface area contributed by atoms with Crippen LogP contribution in [0.1, 0.15) is 17.5 Å². The minimum absolute atomic E-state index is 0.0628. The van der Waals surface area contributed by atoms with E-state index in [9.17, 15) is 9.59 Å². The second-order valence-electron chi connectivity index (χ2n) is 4.04. The van der Waals surface area contributed by atoms with Crippen LogP contribution in [-0.2, 0) is 11.3 Å². The molecule has 0 heterocycles. The summed E-state index contributed by atoms with van der Waals surface area (Å²) in [6, 6.07) is 6.91. The fourth-order valence-corrected chi connectivity index (χ4v) is 1.53. The number of benzene rings is 1. The number of rotatable bonds is 6. The molecule has 0 saturated carbocycles. The monoisotopic (exact) mass is 277 g/mol. The summed E-state index contributed by atoms with van der Waals surface area (Å²) in [4.78, 5) is 22.3. The van der Waals surface area contributed by atoms with Crippen molar-refractivity contribution in [3.63, 3.8) is 0 Å². The Morgan fingerprint density at radius 3 is 2.75 bits per heavy atom. The molecular formula is C13H15N3O4. The molecule has 20 heavy (non-hydrogen) atoms. The number of carbonyl (C=O) groups is 2. The second kappa shape index (κ2) is 7.76. The average molecular weight is 277 g/mol. The molecule has 0 aromatic heterocycles. The molecule has 7 heteroatoms. The predicted molar refractivity (Wildman–Crippen MR) is 69.7 cm³/mol. The second-order valence-corrected chi connectivity index (χ2v) is 4.04. The van der Waals surface area contributed by atoms with Crippen molar-refractivity contribution < 1.29 is 19.8 Å². The Balaban J connectivity index is 2.50. The van der Waals surface area contributed by atoms with Crippen LogP contribution in [0.25, 0.3) is 0 Å². The Morgan fingerprint density at radius 2 is 2.15 bits per heavy atom. The van der Waals surface area contributed by atoms with Crippen LogP contribution in [0, 0.1) is 11.3 Å². The highest BCUT2D eigenvalue weighted by atomic mass is 16.4. The standard InChI is InChI=1S/C13H15N3O4/c14-7-9-2-1-3-10(6-9)8-15-13(20)16-11(4-5-17)12(18)19/h1-3,6,11,17H,4-5,8H2,(H,18,19)(H2,15,16,20)/t11-/m1/s1. The van der Waals surface area contributed by atoms with Crippen molar-refractivity contribution in [3.05, 3.63) is 35.4 Å². The maximum atomic E-state index is 11.5. The van der Waals surface area contributed by atoms with Crippen LogP contribution in [0.15, 0.2) is 24.3 Å². The van der Waals surface area contributed by atoms with Crippen molar-refractivity contribution >= 4 is 12.0 Å². The van der Waals surface area contributed by atoms with Crippen LogP contribution in [0.5, 0.6) is 0 Å². The van der Waals surface area contributed by atoms with Gasteiger partial charge >= 0.3 is 12.0 Å². The minimum atomic E-state index is -1.21. The number of nitriles is 1. The molecule has 0 aliphatic heterocycles. The smallest absolute Gasteiger partial charge is 0.326 e. The lowest BCUT2D eigenvalue weighted by molar-refractivity contribution is -0.139. The molecular weight excluding hydrogens is 262 g/mol. The van der Waals surface area contributed by atoms with Crippen molar-refractivity contribution in [1.29, 1.82) is 5.26 Å². The number of hydrogen-bond acceptors (Lipinski definition) is 4. The molecule has 0 aliphatic rings. The van der Waals surface area contributed by atoms with E-state index < -0.39 is 18.0 Å². The normalized spacial score (nSPS) is 11.2. The van der Waals surface area contributed by atoms with E-state index in [4.69, 9.17) is 15.5 Å². The zero-order chi connectivity index (χ0) is 15.0. The van der Waals surface area contributed by atoms with Gasteiger partial charge in [-0.3, -0.25) is 0 Å². The average Bonchev–Trinajstić information content (AvgIpc) is 2.44. The van der Waals surface area contributed by atoms with Gasteiger partial charge in [0.1, 0.15) is 6.04 Å². The van der Waals surface area contributed by atoms with E-state index in [0.717, 1.165) is 5.56 Å². The number of carboxylic acid groups (broad SMARTS) is 1. The van der Waals surface area contributed by atoms with Gasteiger partial charge in [-0.15, -0.1) is 0 Å². The fraction of sp³-hybridized carbons (Fsp3) is 0.308. The highest BCUT2D eigenvalue weighted by molar-refractivity contribution is 5.82. The third-order valence-electron chi connectivity index (χ3n) is 2.53. The Hall–Kier alpha value is -2.59. The van der Waals surface area contributed by atoms with E-state index in [1.807, 2.05) is 6.07 Å². The van der Waals surface area contributed by atoms with E-state index in [1.165, 1.54) is 0 Å². The Kier molecular flexibility index (Phi) is 6.00. The summed E-state index contributed by atoms with van der Waals surface area (Å²) < 4.78 is 0.